The van der Waals surface area contributed by atoms with Crippen LogP contribution in [0.25, 0.3) is 0 Å². The molecule has 0 saturated carbocycles. The largest absolute Gasteiger partial charge is 0.458 e. The molecular weight excluding hydrogens is 274 g/mol. The Morgan fingerprint density at radius 1 is 1.18 bits per heavy atom. The van der Waals surface area contributed by atoms with Gasteiger partial charge < -0.3 is 24.3 Å². The van der Waals surface area contributed by atoms with Gasteiger partial charge in [-0.25, -0.2) is 4.79 Å². The lowest BCUT2D eigenvalue weighted by Gasteiger charge is -2.18. The molecule has 0 aliphatic carbocycles. The molecule has 0 atom stereocenters. The van der Waals surface area contributed by atoms with Crippen molar-refractivity contribution in [1.82, 2.24) is 0 Å². The zero-order valence-corrected chi connectivity index (χ0v) is 10.8. The predicted octanol–water partition coefficient (Wildman–Crippen LogP) is -0.170. The van der Waals surface area contributed by atoms with Crippen molar-refractivity contribution in [3.63, 3.8) is 0 Å². The van der Waals surface area contributed by atoms with Crippen molar-refractivity contribution in [2.75, 3.05) is 12.3 Å². The second-order valence-corrected chi connectivity index (χ2v) is 6.89. The van der Waals surface area contributed by atoms with Gasteiger partial charge in [-0.15, -0.1) is 0 Å². The number of hydrogen-bond donors (Lipinski definition) is 4. The van der Waals surface area contributed by atoms with Crippen LogP contribution < -0.4 is 0 Å². The monoisotopic (exact) mass is 288 g/mol. The quantitative estimate of drug-likeness (QED) is 0.300. The average Bonchev–Trinajstić information content (AvgIpc) is 1.96. The molecule has 17 heavy (non-hydrogen) atoms. The zero-order valence-electron chi connectivity index (χ0n) is 9.01. The van der Waals surface area contributed by atoms with Crippen LogP contribution >= 0.6 is 15.2 Å². The summed E-state index contributed by atoms with van der Waals surface area (Å²) in [5, 5.41) is 0. The van der Waals surface area contributed by atoms with Gasteiger partial charge in [-0.05, 0) is 6.92 Å². The summed E-state index contributed by atoms with van der Waals surface area (Å²) in [6.45, 7) is 4.54. The summed E-state index contributed by atoms with van der Waals surface area (Å²) in [6, 6.07) is 0. The van der Waals surface area contributed by atoms with Crippen molar-refractivity contribution in [3.05, 3.63) is 12.2 Å². The van der Waals surface area contributed by atoms with Crippen molar-refractivity contribution < 1.29 is 38.2 Å². The molecule has 0 aliphatic heterocycles. The fourth-order valence-electron chi connectivity index (χ4n) is 0.915. The van der Waals surface area contributed by atoms with Crippen LogP contribution in [-0.2, 0) is 18.7 Å². The van der Waals surface area contributed by atoms with E-state index in [1.54, 1.807) is 0 Å². The Morgan fingerprint density at radius 2 is 1.53 bits per heavy atom. The Morgan fingerprint density at radius 3 is 1.76 bits per heavy atom. The Hall–Kier alpha value is -0.490. The summed E-state index contributed by atoms with van der Waals surface area (Å²) in [6.07, 6.45) is -3.45. The van der Waals surface area contributed by atoms with Crippen LogP contribution in [0.4, 0.5) is 0 Å². The van der Waals surface area contributed by atoms with Gasteiger partial charge in [-0.3, -0.25) is 9.13 Å². The molecule has 0 heterocycles. The number of hydrogen-bond acceptors (Lipinski definition) is 4. The maximum absolute atomic E-state index is 11.1. The van der Waals surface area contributed by atoms with Gasteiger partial charge in [0.25, 0.3) is 0 Å². The second kappa shape index (κ2) is 5.91. The maximum atomic E-state index is 11.1. The van der Waals surface area contributed by atoms with E-state index in [-0.39, 0.29) is 5.57 Å². The highest BCUT2D eigenvalue weighted by atomic mass is 31.2. The molecule has 0 fully saturated rings. The number of carbonyl (C=O) groups excluding carboxylic acids is 1. The molecule has 0 spiro atoms. The molecule has 0 amide bonds. The van der Waals surface area contributed by atoms with Gasteiger partial charge in [-0.2, -0.15) is 0 Å². The Kier molecular flexibility index (Phi) is 5.74. The molecule has 0 radical (unpaired) electrons. The lowest BCUT2D eigenvalue weighted by Crippen LogP contribution is -2.26. The maximum Gasteiger partial charge on any atom is 0.333 e. The van der Waals surface area contributed by atoms with Crippen molar-refractivity contribution in [2.45, 2.75) is 13.0 Å². The molecule has 100 valence electrons. The first-order valence-corrected chi connectivity index (χ1v) is 7.96. The molecule has 0 saturated heterocycles. The minimum atomic E-state index is -4.54. The van der Waals surface area contributed by atoms with Gasteiger partial charge in [0.1, 0.15) is 6.10 Å². The van der Waals surface area contributed by atoms with Crippen LogP contribution in [0, 0.1) is 0 Å². The average molecular weight is 288 g/mol. The van der Waals surface area contributed by atoms with E-state index in [2.05, 4.69) is 11.3 Å². The fourth-order valence-corrected chi connectivity index (χ4v) is 2.59. The highest BCUT2D eigenvalue weighted by Crippen LogP contribution is 2.41. The summed E-state index contributed by atoms with van der Waals surface area (Å²) in [5.41, 5.74) is -0.0357. The summed E-state index contributed by atoms with van der Waals surface area (Å²) in [5.74, 6) is -0.961. The predicted molar refractivity (Wildman–Crippen MR) is 58.5 cm³/mol. The molecular formula is C7H14O8P2. The molecule has 8 nitrogen and oxygen atoms in total. The van der Waals surface area contributed by atoms with Gasteiger partial charge >= 0.3 is 21.2 Å². The highest BCUT2D eigenvalue weighted by molar-refractivity contribution is 7.53. The first-order chi connectivity index (χ1) is 7.41. The Bertz CT molecular complexity index is 367. The van der Waals surface area contributed by atoms with E-state index in [1.807, 2.05) is 0 Å². The van der Waals surface area contributed by atoms with E-state index >= 15 is 0 Å². The van der Waals surface area contributed by atoms with Gasteiger partial charge in [-0.1, -0.05) is 6.58 Å². The van der Waals surface area contributed by atoms with Crippen molar-refractivity contribution in [1.29, 1.82) is 0 Å². The van der Waals surface area contributed by atoms with E-state index in [0.717, 1.165) is 0 Å². The van der Waals surface area contributed by atoms with Crippen molar-refractivity contribution in [3.8, 4) is 0 Å². The van der Waals surface area contributed by atoms with E-state index in [9.17, 15) is 13.9 Å². The number of esters is 1. The molecule has 0 aromatic heterocycles. The van der Waals surface area contributed by atoms with Gasteiger partial charge in [0.05, 0.1) is 12.3 Å². The molecule has 0 aromatic rings. The molecule has 0 aliphatic rings. The third kappa shape index (κ3) is 9.23. The Labute approximate surface area is 97.6 Å². The number of rotatable bonds is 6. The molecule has 0 aromatic carbocycles. The smallest absolute Gasteiger partial charge is 0.333 e. The minimum Gasteiger partial charge on any atom is -0.458 e. The lowest BCUT2D eigenvalue weighted by atomic mass is 10.3. The number of ether oxygens (including phenoxy) is 1. The molecule has 0 bridgehead atoms. The van der Waals surface area contributed by atoms with E-state index in [0.29, 0.717) is 0 Å². The first-order valence-electron chi connectivity index (χ1n) is 4.36. The van der Waals surface area contributed by atoms with Crippen LogP contribution in [0.1, 0.15) is 6.92 Å². The molecule has 4 N–H and O–H groups in total. The van der Waals surface area contributed by atoms with E-state index < -0.39 is 39.6 Å². The third-order valence-corrected chi connectivity index (χ3v) is 3.27. The molecule has 10 heteroatoms. The van der Waals surface area contributed by atoms with Gasteiger partial charge in [0.15, 0.2) is 0 Å². The summed E-state index contributed by atoms with van der Waals surface area (Å²) >= 11 is 0. The summed E-state index contributed by atoms with van der Waals surface area (Å²) in [4.78, 5) is 45.8. The van der Waals surface area contributed by atoms with Crippen molar-refractivity contribution >= 4 is 21.2 Å². The fraction of sp³-hybridized carbons (Fsp3) is 0.571. The lowest BCUT2D eigenvalue weighted by molar-refractivity contribution is -0.142. The normalized spacial score (nSPS) is 12.6. The van der Waals surface area contributed by atoms with Crippen molar-refractivity contribution in [2.24, 2.45) is 0 Å². The zero-order chi connectivity index (χ0) is 13.9. The molecule has 0 unspecified atom stereocenters. The van der Waals surface area contributed by atoms with E-state index in [4.69, 9.17) is 19.6 Å². The first kappa shape index (κ1) is 16.5. The van der Waals surface area contributed by atoms with E-state index in [1.165, 1.54) is 6.92 Å². The topological polar surface area (TPSA) is 141 Å². The van der Waals surface area contributed by atoms with Gasteiger partial charge in [0, 0.05) is 5.57 Å². The SMILES string of the molecule is C=C(C)C(=O)OC(CP(=O)(O)O)CP(=O)(O)O. The van der Waals surface area contributed by atoms with Crippen LogP contribution in [0.2, 0.25) is 0 Å². The highest BCUT2D eigenvalue weighted by Gasteiger charge is 2.31. The van der Waals surface area contributed by atoms with Crippen LogP contribution in [-0.4, -0.2) is 44.0 Å². The minimum absolute atomic E-state index is 0.0357. The summed E-state index contributed by atoms with van der Waals surface area (Å²) < 4.78 is 26.0. The van der Waals surface area contributed by atoms with Crippen LogP contribution in [0.5, 0.6) is 0 Å². The molecule has 0 rings (SSSR count). The van der Waals surface area contributed by atoms with Gasteiger partial charge in [0.2, 0.25) is 0 Å². The summed E-state index contributed by atoms with van der Waals surface area (Å²) in [7, 11) is -9.09. The Balaban J connectivity index is 4.75. The number of carbonyl (C=O) groups is 1. The van der Waals surface area contributed by atoms with Crippen LogP contribution in [0.15, 0.2) is 12.2 Å². The standard InChI is InChI=1S/C7H14O8P2/c1-5(2)7(8)15-6(3-16(9,10)11)4-17(12,13)14/h6H,1,3-4H2,2H3,(H2,9,10,11)(H2,12,13,14). The third-order valence-electron chi connectivity index (χ3n) is 1.51. The van der Waals surface area contributed by atoms with Crippen LogP contribution in [0.3, 0.4) is 0 Å². The second-order valence-electron chi connectivity index (χ2n) is 3.50.